The molecule has 1 heterocycles. The Morgan fingerprint density at radius 2 is 2.14 bits per heavy atom. The Morgan fingerprint density at radius 1 is 1.43 bits per heavy atom. The standard InChI is InChI=1S/C15H19ClN2O3/c1-9-15(16)13(18(3)17-9)8-21-14-7-11(20-4)5-6-12(14)10(2)19/h5-7,10,19H,8H2,1-4H3/t10-/m1/s1. The minimum atomic E-state index is -0.630. The van der Waals surface area contributed by atoms with Gasteiger partial charge in [0.2, 0.25) is 0 Å². The van der Waals surface area contributed by atoms with E-state index in [1.165, 1.54) is 0 Å². The summed E-state index contributed by atoms with van der Waals surface area (Å²) in [5.41, 5.74) is 2.25. The van der Waals surface area contributed by atoms with Crippen molar-refractivity contribution in [1.82, 2.24) is 9.78 Å². The van der Waals surface area contributed by atoms with Gasteiger partial charge >= 0.3 is 0 Å². The van der Waals surface area contributed by atoms with Crippen LogP contribution < -0.4 is 9.47 Å². The zero-order valence-corrected chi connectivity index (χ0v) is 13.3. The number of methoxy groups -OCH3 is 1. The van der Waals surface area contributed by atoms with Gasteiger partial charge in [-0.15, -0.1) is 0 Å². The number of hydrogen-bond donors (Lipinski definition) is 1. The van der Waals surface area contributed by atoms with Crippen LogP contribution >= 0.6 is 11.6 Å². The fraction of sp³-hybridized carbons (Fsp3) is 0.400. The summed E-state index contributed by atoms with van der Waals surface area (Å²) in [6, 6.07) is 5.32. The Labute approximate surface area is 129 Å². The second-order valence-corrected chi connectivity index (χ2v) is 5.22. The summed E-state index contributed by atoms with van der Waals surface area (Å²) in [7, 11) is 3.40. The van der Waals surface area contributed by atoms with Crippen LogP contribution in [0.3, 0.4) is 0 Å². The summed E-state index contributed by atoms with van der Waals surface area (Å²) in [6.45, 7) is 3.80. The highest BCUT2D eigenvalue weighted by atomic mass is 35.5. The molecule has 2 aromatic rings. The first-order valence-corrected chi connectivity index (χ1v) is 6.98. The Balaban J connectivity index is 2.26. The molecule has 0 unspecified atom stereocenters. The Hall–Kier alpha value is -1.72. The third-order valence-electron chi connectivity index (χ3n) is 3.30. The molecular weight excluding hydrogens is 292 g/mol. The molecule has 0 spiro atoms. The van der Waals surface area contributed by atoms with Crippen LogP contribution in [0.2, 0.25) is 5.02 Å². The third-order valence-corrected chi connectivity index (χ3v) is 3.79. The van der Waals surface area contributed by atoms with Crippen molar-refractivity contribution in [3.63, 3.8) is 0 Å². The summed E-state index contributed by atoms with van der Waals surface area (Å²) >= 11 is 6.20. The van der Waals surface area contributed by atoms with Gasteiger partial charge in [-0.05, 0) is 26.0 Å². The highest BCUT2D eigenvalue weighted by Crippen LogP contribution is 2.31. The Bertz CT molecular complexity index is 638. The molecule has 21 heavy (non-hydrogen) atoms. The van der Waals surface area contributed by atoms with Crippen molar-refractivity contribution in [2.45, 2.75) is 26.6 Å². The highest BCUT2D eigenvalue weighted by Gasteiger charge is 2.15. The Morgan fingerprint density at radius 3 is 2.67 bits per heavy atom. The van der Waals surface area contributed by atoms with Crippen molar-refractivity contribution < 1.29 is 14.6 Å². The van der Waals surface area contributed by atoms with E-state index in [1.54, 1.807) is 36.9 Å². The minimum Gasteiger partial charge on any atom is -0.497 e. The first-order valence-electron chi connectivity index (χ1n) is 6.60. The van der Waals surface area contributed by atoms with Crippen molar-refractivity contribution >= 4 is 11.6 Å². The number of aliphatic hydroxyl groups is 1. The maximum Gasteiger partial charge on any atom is 0.131 e. The van der Waals surface area contributed by atoms with E-state index >= 15 is 0 Å². The lowest BCUT2D eigenvalue weighted by Crippen LogP contribution is -2.06. The molecule has 2 rings (SSSR count). The van der Waals surface area contributed by atoms with E-state index in [-0.39, 0.29) is 6.61 Å². The predicted molar refractivity (Wildman–Crippen MR) is 80.9 cm³/mol. The van der Waals surface area contributed by atoms with Gasteiger partial charge in [0.25, 0.3) is 0 Å². The van der Waals surface area contributed by atoms with E-state index in [0.29, 0.717) is 22.1 Å². The maximum atomic E-state index is 9.81. The van der Waals surface area contributed by atoms with Crippen LogP contribution in [-0.4, -0.2) is 22.0 Å². The zero-order valence-electron chi connectivity index (χ0n) is 12.6. The lowest BCUT2D eigenvalue weighted by molar-refractivity contribution is 0.189. The SMILES string of the molecule is COc1ccc([C@@H](C)O)c(OCc2c(Cl)c(C)nn2C)c1. The van der Waals surface area contributed by atoms with Gasteiger partial charge in [0.05, 0.1) is 29.6 Å². The van der Waals surface area contributed by atoms with Gasteiger partial charge in [0.15, 0.2) is 0 Å². The molecule has 0 aliphatic carbocycles. The first kappa shape index (κ1) is 15.7. The number of hydrogen-bond acceptors (Lipinski definition) is 4. The van der Waals surface area contributed by atoms with Crippen LogP contribution in [0.1, 0.15) is 30.0 Å². The number of halogens is 1. The van der Waals surface area contributed by atoms with Crippen molar-refractivity contribution in [3.05, 3.63) is 40.2 Å². The van der Waals surface area contributed by atoms with Gasteiger partial charge in [-0.2, -0.15) is 5.10 Å². The van der Waals surface area contributed by atoms with Crippen molar-refractivity contribution in [2.24, 2.45) is 7.05 Å². The second-order valence-electron chi connectivity index (χ2n) is 4.84. The number of nitrogens with zero attached hydrogens (tertiary/aromatic N) is 2. The van der Waals surface area contributed by atoms with E-state index in [0.717, 1.165) is 11.4 Å². The van der Waals surface area contributed by atoms with Crippen LogP contribution in [0.4, 0.5) is 0 Å². The maximum absolute atomic E-state index is 9.81. The zero-order chi connectivity index (χ0) is 15.6. The van der Waals surface area contributed by atoms with Crippen LogP contribution in [-0.2, 0) is 13.7 Å². The average Bonchev–Trinajstić information content (AvgIpc) is 2.69. The molecule has 0 radical (unpaired) electrons. The molecular formula is C15H19ClN2O3. The predicted octanol–water partition coefficient (Wildman–Crippen LogP) is 3.02. The molecule has 0 saturated carbocycles. The summed E-state index contributed by atoms with van der Waals surface area (Å²) in [5, 5.41) is 14.7. The summed E-state index contributed by atoms with van der Waals surface area (Å²) in [4.78, 5) is 0. The number of ether oxygens (including phenoxy) is 2. The van der Waals surface area contributed by atoms with Gasteiger partial charge in [0.1, 0.15) is 18.1 Å². The fourth-order valence-corrected chi connectivity index (χ4v) is 2.31. The molecule has 1 N–H and O–H groups in total. The average molecular weight is 311 g/mol. The van der Waals surface area contributed by atoms with Crippen LogP contribution in [0.5, 0.6) is 11.5 Å². The number of aliphatic hydroxyl groups excluding tert-OH is 1. The monoisotopic (exact) mass is 310 g/mol. The normalized spacial score (nSPS) is 12.3. The second kappa shape index (κ2) is 6.37. The summed E-state index contributed by atoms with van der Waals surface area (Å²) in [6.07, 6.45) is -0.630. The van der Waals surface area contributed by atoms with E-state index in [1.807, 2.05) is 14.0 Å². The molecule has 1 atom stereocenters. The summed E-state index contributed by atoms with van der Waals surface area (Å²) < 4.78 is 12.7. The van der Waals surface area contributed by atoms with E-state index in [2.05, 4.69) is 5.10 Å². The fourth-order valence-electron chi connectivity index (χ4n) is 2.09. The molecule has 0 aliphatic heterocycles. The summed E-state index contributed by atoms with van der Waals surface area (Å²) in [5.74, 6) is 1.24. The molecule has 1 aromatic heterocycles. The van der Waals surface area contributed by atoms with Crippen LogP contribution in [0.15, 0.2) is 18.2 Å². The lowest BCUT2D eigenvalue weighted by atomic mass is 10.1. The van der Waals surface area contributed by atoms with E-state index in [4.69, 9.17) is 21.1 Å². The Kier molecular flexibility index (Phi) is 4.75. The van der Waals surface area contributed by atoms with Gasteiger partial charge in [-0.1, -0.05) is 11.6 Å². The topological polar surface area (TPSA) is 56.5 Å². The van der Waals surface area contributed by atoms with E-state index < -0.39 is 6.10 Å². The molecule has 1 aromatic carbocycles. The molecule has 0 amide bonds. The van der Waals surface area contributed by atoms with Crippen molar-refractivity contribution in [2.75, 3.05) is 7.11 Å². The quantitative estimate of drug-likeness (QED) is 0.922. The lowest BCUT2D eigenvalue weighted by Gasteiger charge is -2.15. The molecule has 114 valence electrons. The van der Waals surface area contributed by atoms with E-state index in [9.17, 15) is 5.11 Å². The largest absolute Gasteiger partial charge is 0.497 e. The van der Waals surface area contributed by atoms with Crippen molar-refractivity contribution in [3.8, 4) is 11.5 Å². The van der Waals surface area contributed by atoms with Crippen LogP contribution in [0, 0.1) is 6.92 Å². The molecule has 6 heteroatoms. The molecule has 0 bridgehead atoms. The smallest absolute Gasteiger partial charge is 0.131 e. The van der Waals surface area contributed by atoms with Gasteiger partial charge in [-0.3, -0.25) is 4.68 Å². The number of aryl methyl sites for hydroxylation is 2. The number of aromatic nitrogens is 2. The number of rotatable bonds is 5. The minimum absolute atomic E-state index is 0.267. The van der Waals surface area contributed by atoms with Crippen LogP contribution in [0.25, 0.3) is 0 Å². The highest BCUT2D eigenvalue weighted by molar-refractivity contribution is 6.31. The van der Waals surface area contributed by atoms with Gasteiger partial charge in [-0.25, -0.2) is 0 Å². The van der Waals surface area contributed by atoms with Gasteiger partial charge in [0, 0.05) is 18.7 Å². The molecule has 5 nitrogen and oxygen atoms in total. The number of benzene rings is 1. The van der Waals surface area contributed by atoms with Gasteiger partial charge < -0.3 is 14.6 Å². The third kappa shape index (κ3) is 3.31. The molecule has 0 fully saturated rings. The molecule has 0 aliphatic rings. The first-order chi connectivity index (χ1) is 9.93. The van der Waals surface area contributed by atoms with Crippen molar-refractivity contribution in [1.29, 1.82) is 0 Å². The molecule has 0 saturated heterocycles.